The molecule has 11 nitrogen and oxygen atoms in total. The van der Waals surface area contributed by atoms with Gasteiger partial charge in [-0.25, -0.2) is 14.2 Å². The lowest BCUT2D eigenvalue weighted by molar-refractivity contribution is -0.521. The number of hydrogen-bond donors (Lipinski definition) is 0. The molecule has 0 bridgehead atoms. The Morgan fingerprint density at radius 2 is 2.06 bits per heavy atom. The molecule has 5 rings (SSSR count). The van der Waals surface area contributed by atoms with Crippen molar-refractivity contribution >= 4 is 30.1 Å². The molecule has 2 aromatic rings. The Balaban J connectivity index is 1.19. The summed E-state index contributed by atoms with van der Waals surface area (Å²) in [4.78, 5) is 43.4. The highest BCUT2D eigenvalue weighted by molar-refractivity contribution is 6.21. The van der Waals surface area contributed by atoms with Gasteiger partial charge in [0.25, 0.3) is 24.1 Å². The molecule has 0 radical (unpaired) electrons. The highest BCUT2D eigenvalue weighted by atomic mass is 16.5. The average Bonchev–Trinajstić information content (AvgIpc) is 3.52. The van der Waals surface area contributed by atoms with E-state index in [1.54, 1.807) is 6.07 Å². The van der Waals surface area contributed by atoms with Crippen molar-refractivity contribution in [3.8, 4) is 17.1 Å². The summed E-state index contributed by atoms with van der Waals surface area (Å²) in [5.41, 5.74) is 2.43. The van der Waals surface area contributed by atoms with Crippen LogP contribution in [0.1, 0.15) is 18.2 Å². The molecule has 2 atom stereocenters. The van der Waals surface area contributed by atoms with Gasteiger partial charge in [-0.1, -0.05) is 17.3 Å². The van der Waals surface area contributed by atoms with Gasteiger partial charge in [0.05, 0.1) is 0 Å². The minimum Gasteiger partial charge on any atom is -0.490 e. The van der Waals surface area contributed by atoms with Gasteiger partial charge in [0.15, 0.2) is 12.3 Å². The summed E-state index contributed by atoms with van der Waals surface area (Å²) in [6.07, 6.45) is 2.40. The Bertz CT molecular complexity index is 1230. The van der Waals surface area contributed by atoms with Gasteiger partial charge in [0.1, 0.15) is 24.2 Å². The Morgan fingerprint density at radius 1 is 1.24 bits per heavy atom. The number of imide groups is 1. The van der Waals surface area contributed by atoms with Crippen LogP contribution in [0, 0.1) is 0 Å². The SMILES string of the molecule is CC1Cc2ccc(-c3cc(COC(=O)C[N+]4=CN=C5C4C(=O)N(C)C(=O)N5C)no3)cc2O1. The van der Waals surface area contributed by atoms with E-state index in [4.69, 9.17) is 14.0 Å². The predicted octanol–water partition coefficient (Wildman–Crippen LogP) is 1.05. The first kappa shape index (κ1) is 20.9. The second kappa shape index (κ2) is 7.84. The fraction of sp³-hybridized carbons (Fsp3) is 0.364. The van der Waals surface area contributed by atoms with Crippen molar-refractivity contribution < 1.29 is 33.0 Å². The zero-order chi connectivity index (χ0) is 23.3. The molecule has 3 aliphatic heterocycles. The zero-order valence-electron chi connectivity index (χ0n) is 18.3. The molecular weight excluding hydrogens is 430 g/mol. The second-order valence-electron chi connectivity index (χ2n) is 8.21. The molecule has 0 spiro atoms. The maximum absolute atomic E-state index is 12.5. The summed E-state index contributed by atoms with van der Waals surface area (Å²) >= 11 is 0. The lowest BCUT2D eigenvalue weighted by Crippen LogP contribution is -2.61. The molecule has 1 aromatic carbocycles. The van der Waals surface area contributed by atoms with E-state index in [-0.39, 0.29) is 25.1 Å². The van der Waals surface area contributed by atoms with Crippen LogP contribution in [0.3, 0.4) is 0 Å². The molecule has 3 amide bonds. The van der Waals surface area contributed by atoms with E-state index in [9.17, 15) is 14.4 Å². The molecule has 170 valence electrons. The normalized spacial score (nSPS) is 21.4. The van der Waals surface area contributed by atoms with Gasteiger partial charge in [-0.05, 0) is 23.5 Å². The molecule has 1 fully saturated rings. The first-order valence-corrected chi connectivity index (χ1v) is 10.4. The lowest BCUT2D eigenvalue weighted by atomic mass is 10.1. The monoisotopic (exact) mass is 452 g/mol. The third kappa shape index (κ3) is 3.65. The quantitative estimate of drug-likeness (QED) is 0.492. The van der Waals surface area contributed by atoms with Crippen molar-refractivity contribution in [1.82, 2.24) is 15.0 Å². The number of aliphatic imine (C=N–C) groups is 1. The number of amidine groups is 1. The number of esters is 1. The van der Waals surface area contributed by atoms with E-state index in [2.05, 4.69) is 10.1 Å². The summed E-state index contributed by atoms with van der Waals surface area (Å²) in [6, 6.07) is 6.26. The van der Waals surface area contributed by atoms with Crippen LogP contribution in [0.25, 0.3) is 11.3 Å². The largest absolute Gasteiger partial charge is 0.490 e. The van der Waals surface area contributed by atoms with E-state index in [1.165, 1.54) is 29.9 Å². The van der Waals surface area contributed by atoms with Crippen molar-refractivity contribution in [2.24, 2.45) is 4.99 Å². The number of carbonyl (C=O) groups excluding carboxylic acids is 3. The predicted molar refractivity (Wildman–Crippen MR) is 114 cm³/mol. The number of rotatable bonds is 5. The topological polar surface area (TPSA) is 118 Å². The summed E-state index contributed by atoms with van der Waals surface area (Å²) in [7, 11) is 2.92. The van der Waals surface area contributed by atoms with Crippen LogP contribution in [0.5, 0.6) is 5.75 Å². The van der Waals surface area contributed by atoms with Crippen LogP contribution in [0.15, 0.2) is 33.8 Å². The third-order valence-corrected chi connectivity index (χ3v) is 5.84. The molecule has 11 heteroatoms. The van der Waals surface area contributed by atoms with Crippen LogP contribution in [0.4, 0.5) is 4.79 Å². The van der Waals surface area contributed by atoms with E-state index in [1.807, 2.05) is 25.1 Å². The zero-order valence-corrected chi connectivity index (χ0v) is 18.3. The molecule has 1 aromatic heterocycles. The molecule has 0 saturated carbocycles. The van der Waals surface area contributed by atoms with Crippen LogP contribution in [-0.4, -0.2) is 82.4 Å². The number of benzene rings is 1. The Kier molecular flexibility index (Phi) is 4.95. The molecule has 4 heterocycles. The highest BCUT2D eigenvalue weighted by Crippen LogP contribution is 2.33. The summed E-state index contributed by atoms with van der Waals surface area (Å²) in [6.45, 7) is 1.73. The van der Waals surface area contributed by atoms with Crippen molar-refractivity contribution in [3.63, 3.8) is 0 Å². The molecule has 33 heavy (non-hydrogen) atoms. The molecule has 2 unspecified atom stereocenters. The van der Waals surface area contributed by atoms with Crippen molar-refractivity contribution in [2.45, 2.75) is 32.1 Å². The van der Waals surface area contributed by atoms with Gasteiger partial charge in [-0.2, -0.15) is 0 Å². The average molecular weight is 452 g/mol. The van der Waals surface area contributed by atoms with E-state index >= 15 is 0 Å². The molecular formula is C22H22N5O6+. The number of likely N-dealkylation sites (N-methyl/N-ethyl adjacent to an activating group) is 2. The highest BCUT2D eigenvalue weighted by Gasteiger charge is 2.50. The standard InChI is InChI=1S/C22H22N5O6/c1-12-6-13-4-5-14(7-16(13)32-12)17-8-15(24-33-17)10-31-18(28)9-27-11-23-20-19(27)21(29)26(3)22(30)25(20)2/h4-5,7-8,11-12,19H,6,9-10H2,1-3H3/q+1. The molecule has 3 aliphatic rings. The van der Waals surface area contributed by atoms with Crippen LogP contribution in [0.2, 0.25) is 0 Å². The van der Waals surface area contributed by atoms with Gasteiger partial charge in [0.2, 0.25) is 0 Å². The van der Waals surface area contributed by atoms with Gasteiger partial charge in [-0.3, -0.25) is 14.6 Å². The Hall–Kier alpha value is -4.02. The lowest BCUT2D eigenvalue weighted by Gasteiger charge is -2.30. The third-order valence-electron chi connectivity index (χ3n) is 5.84. The van der Waals surface area contributed by atoms with Crippen LogP contribution < -0.4 is 4.74 Å². The van der Waals surface area contributed by atoms with Gasteiger partial charge >= 0.3 is 12.0 Å². The smallest absolute Gasteiger partial charge is 0.348 e. The number of hydrogen-bond acceptors (Lipinski definition) is 8. The number of fused-ring (bicyclic) bond motifs is 2. The Morgan fingerprint density at radius 3 is 2.88 bits per heavy atom. The van der Waals surface area contributed by atoms with Crippen LogP contribution >= 0.6 is 0 Å². The second-order valence-corrected chi connectivity index (χ2v) is 8.21. The molecule has 0 aliphatic carbocycles. The molecule has 1 saturated heterocycles. The maximum atomic E-state index is 12.5. The minimum atomic E-state index is -0.839. The summed E-state index contributed by atoms with van der Waals surface area (Å²) in [5, 5.41) is 3.97. The molecule has 0 N–H and O–H groups in total. The van der Waals surface area contributed by atoms with Crippen LogP contribution in [-0.2, 0) is 27.4 Å². The number of amides is 3. The minimum absolute atomic E-state index is 0.0841. The van der Waals surface area contributed by atoms with Crippen molar-refractivity contribution in [3.05, 3.63) is 35.5 Å². The van der Waals surface area contributed by atoms with Gasteiger partial charge < -0.3 is 14.0 Å². The summed E-state index contributed by atoms with van der Waals surface area (Å²) < 4.78 is 17.9. The van der Waals surface area contributed by atoms with Gasteiger partial charge in [0, 0.05) is 32.1 Å². The maximum Gasteiger partial charge on any atom is 0.348 e. The Labute approximate surface area is 188 Å². The fourth-order valence-corrected chi connectivity index (χ4v) is 4.09. The number of aromatic nitrogens is 1. The first-order valence-electron chi connectivity index (χ1n) is 10.4. The fourth-order valence-electron chi connectivity index (χ4n) is 4.09. The van der Waals surface area contributed by atoms with E-state index in [0.29, 0.717) is 11.5 Å². The number of ether oxygens (including phenoxy) is 2. The number of nitrogens with zero attached hydrogens (tertiary/aromatic N) is 5. The van der Waals surface area contributed by atoms with E-state index in [0.717, 1.165) is 28.2 Å². The number of urea groups is 1. The first-order chi connectivity index (χ1) is 15.8. The summed E-state index contributed by atoms with van der Waals surface area (Å²) in [5.74, 6) is 0.642. The number of carbonyl (C=O) groups is 3. The van der Waals surface area contributed by atoms with Gasteiger partial charge in [-0.15, -0.1) is 0 Å². The van der Waals surface area contributed by atoms with Crippen molar-refractivity contribution in [2.75, 3.05) is 20.6 Å². The van der Waals surface area contributed by atoms with E-state index < -0.39 is 23.9 Å². The van der Waals surface area contributed by atoms with Crippen molar-refractivity contribution in [1.29, 1.82) is 0 Å².